The van der Waals surface area contributed by atoms with Crippen LogP contribution in [-0.2, 0) is 25.4 Å². The van der Waals surface area contributed by atoms with Gasteiger partial charge in [0.2, 0.25) is 11.8 Å². The number of amides is 3. The molecule has 1 aromatic heterocycles. The van der Waals surface area contributed by atoms with Gasteiger partial charge in [-0.15, -0.1) is 0 Å². The summed E-state index contributed by atoms with van der Waals surface area (Å²) < 4.78 is 44.8. The van der Waals surface area contributed by atoms with E-state index in [-0.39, 0.29) is 22.0 Å². The minimum Gasteiger partial charge on any atom is -0.483 e. The molecule has 41 heavy (non-hydrogen) atoms. The second-order valence-electron chi connectivity index (χ2n) is 9.00. The van der Waals surface area contributed by atoms with Gasteiger partial charge < -0.3 is 20.1 Å². The lowest BCUT2D eigenvalue weighted by Gasteiger charge is -2.31. The molecular formula is C25H17ClF3N3O7S2. The summed E-state index contributed by atoms with van der Waals surface area (Å²) in [4.78, 5) is 65.9. The third-order valence-electron chi connectivity index (χ3n) is 6.35. The monoisotopic (exact) mass is 627 g/mol. The fraction of sp³-hybridized carbons (Fsp3) is 0.240. The summed E-state index contributed by atoms with van der Waals surface area (Å²) in [5.74, 6) is -5.64. The Balaban J connectivity index is 1.46. The number of halogens is 4. The van der Waals surface area contributed by atoms with Crippen molar-refractivity contribution >= 4 is 64.1 Å². The Morgan fingerprint density at radius 1 is 1.12 bits per heavy atom. The molecule has 0 bridgehead atoms. The van der Waals surface area contributed by atoms with Crippen molar-refractivity contribution in [2.45, 2.75) is 22.4 Å². The van der Waals surface area contributed by atoms with Gasteiger partial charge in [-0.25, -0.2) is 0 Å². The number of H-pyrrole nitrogens is 1. The van der Waals surface area contributed by atoms with Crippen molar-refractivity contribution < 1.29 is 42.2 Å². The standard InChI is InChI=1S/C25H17ClF3N3O7S2/c26-11-4-5-14(39-9-15(33)30-12-3-1-2-10(6-12)25(27,28)29)13(7-11)17-18-20(40-21-19(17)41-24(38)31-21)23(37)32(22(18)36)8-16(34)35/h1-7,17-18,20H,8-9H2,(H,30,33)(H,31,38)(H,34,35)/t17-,18?,20?/m1/s1. The van der Waals surface area contributed by atoms with Gasteiger partial charge in [-0.1, -0.05) is 40.8 Å². The van der Waals surface area contributed by atoms with E-state index in [1.54, 1.807) is 0 Å². The zero-order chi connectivity index (χ0) is 29.6. The lowest BCUT2D eigenvalue weighted by atomic mass is 9.82. The number of aromatic nitrogens is 1. The summed E-state index contributed by atoms with van der Waals surface area (Å²) in [6, 6.07) is 8.36. The van der Waals surface area contributed by atoms with Crippen molar-refractivity contribution in [1.82, 2.24) is 9.88 Å². The Kier molecular flexibility index (Phi) is 7.61. The van der Waals surface area contributed by atoms with E-state index >= 15 is 0 Å². The number of nitrogens with one attached hydrogen (secondary N) is 2. The van der Waals surface area contributed by atoms with Crippen molar-refractivity contribution in [2.24, 2.45) is 5.92 Å². The number of thioether (sulfide) groups is 1. The van der Waals surface area contributed by atoms with E-state index < -0.39 is 70.5 Å². The molecule has 3 N–H and O–H groups in total. The third-order valence-corrected chi connectivity index (χ3v) is 8.98. The maximum atomic E-state index is 13.4. The first-order valence-corrected chi connectivity index (χ1v) is 13.8. The number of nitrogens with zero attached hydrogens (tertiary/aromatic N) is 1. The number of likely N-dealkylation sites (tertiary alicyclic amines) is 1. The van der Waals surface area contributed by atoms with E-state index in [0.29, 0.717) is 14.8 Å². The molecule has 0 saturated carbocycles. The second kappa shape index (κ2) is 10.9. The minimum atomic E-state index is -4.60. The number of carboxylic acids is 1. The molecule has 16 heteroatoms. The first kappa shape index (κ1) is 28.7. The SMILES string of the molecule is O=C(O)CN1C(=O)C2Sc3[nH]c(=O)sc3[C@H](c3cc(Cl)ccc3OCC(=O)Nc3cccc(C(F)(F)F)c3)C2C1=O. The Morgan fingerprint density at radius 3 is 2.59 bits per heavy atom. The predicted molar refractivity (Wildman–Crippen MR) is 141 cm³/mol. The Labute approximate surface area is 241 Å². The molecule has 214 valence electrons. The van der Waals surface area contributed by atoms with Crippen molar-refractivity contribution in [3.8, 4) is 5.75 Å². The molecule has 3 aromatic rings. The second-order valence-corrected chi connectivity index (χ2v) is 11.6. The number of imide groups is 1. The van der Waals surface area contributed by atoms with Gasteiger partial charge in [0.15, 0.2) is 6.61 Å². The van der Waals surface area contributed by atoms with Crippen LogP contribution in [-0.4, -0.2) is 57.1 Å². The molecule has 10 nitrogen and oxygen atoms in total. The summed E-state index contributed by atoms with van der Waals surface area (Å²) in [6.07, 6.45) is -4.60. The van der Waals surface area contributed by atoms with Crippen molar-refractivity contribution in [2.75, 3.05) is 18.5 Å². The van der Waals surface area contributed by atoms with Gasteiger partial charge in [0.1, 0.15) is 17.5 Å². The lowest BCUT2D eigenvalue weighted by Crippen LogP contribution is -2.36. The van der Waals surface area contributed by atoms with Crippen LogP contribution in [0.1, 0.15) is 21.9 Å². The largest absolute Gasteiger partial charge is 0.483 e. The molecule has 1 fully saturated rings. The highest BCUT2D eigenvalue weighted by molar-refractivity contribution is 8.00. The number of aliphatic carboxylic acids is 1. The summed E-state index contributed by atoms with van der Waals surface area (Å²) >= 11 is 8.02. The topological polar surface area (TPSA) is 146 Å². The van der Waals surface area contributed by atoms with Crippen molar-refractivity contribution in [1.29, 1.82) is 0 Å². The van der Waals surface area contributed by atoms with Gasteiger partial charge in [0, 0.05) is 27.1 Å². The van der Waals surface area contributed by atoms with Gasteiger partial charge in [-0.2, -0.15) is 13.2 Å². The third kappa shape index (κ3) is 5.69. The van der Waals surface area contributed by atoms with Crippen LogP contribution in [0.15, 0.2) is 52.3 Å². The normalized spacial score (nSPS) is 20.0. The Hall–Kier alpha value is -3.82. The van der Waals surface area contributed by atoms with Crippen LogP contribution < -0.4 is 14.9 Å². The Morgan fingerprint density at radius 2 is 1.88 bits per heavy atom. The Bertz CT molecular complexity index is 1640. The number of ether oxygens (including phenoxy) is 1. The number of benzene rings is 2. The highest BCUT2D eigenvalue weighted by Crippen LogP contribution is 2.54. The van der Waals surface area contributed by atoms with Crippen LogP contribution >= 0.6 is 34.7 Å². The van der Waals surface area contributed by atoms with Crippen molar-refractivity contribution in [3.63, 3.8) is 0 Å². The van der Waals surface area contributed by atoms with E-state index in [1.807, 2.05) is 0 Å². The van der Waals surface area contributed by atoms with E-state index in [4.69, 9.17) is 16.3 Å². The van der Waals surface area contributed by atoms with Gasteiger partial charge in [-0.05, 0) is 36.4 Å². The van der Waals surface area contributed by atoms with Gasteiger partial charge in [-0.3, -0.25) is 28.9 Å². The number of thiazole rings is 1. The van der Waals surface area contributed by atoms with E-state index in [0.717, 1.165) is 41.3 Å². The van der Waals surface area contributed by atoms with Crippen LogP contribution in [0.5, 0.6) is 5.75 Å². The van der Waals surface area contributed by atoms with Crippen LogP contribution in [0.25, 0.3) is 0 Å². The predicted octanol–water partition coefficient (Wildman–Crippen LogP) is 3.80. The molecule has 3 heterocycles. The zero-order valence-corrected chi connectivity index (χ0v) is 22.7. The summed E-state index contributed by atoms with van der Waals surface area (Å²) in [6.45, 7) is -1.48. The average molecular weight is 628 g/mol. The van der Waals surface area contributed by atoms with Gasteiger partial charge in [0.25, 0.3) is 5.91 Å². The summed E-state index contributed by atoms with van der Waals surface area (Å²) in [5.41, 5.74) is -0.795. The molecule has 2 aliphatic heterocycles. The highest BCUT2D eigenvalue weighted by atomic mass is 35.5. The first-order valence-electron chi connectivity index (χ1n) is 11.7. The highest BCUT2D eigenvalue weighted by Gasteiger charge is 2.56. The first-order chi connectivity index (χ1) is 19.3. The number of carboxylic acid groups (broad SMARTS) is 1. The van der Waals surface area contributed by atoms with Crippen LogP contribution in [0.4, 0.5) is 18.9 Å². The number of carbonyl (C=O) groups is 4. The maximum Gasteiger partial charge on any atom is 0.416 e. The average Bonchev–Trinajstić information content (AvgIpc) is 3.38. The molecule has 1 saturated heterocycles. The number of alkyl halides is 3. The van der Waals surface area contributed by atoms with Crippen LogP contribution in [0.2, 0.25) is 5.02 Å². The molecule has 2 aliphatic rings. The van der Waals surface area contributed by atoms with Crippen LogP contribution in [0.3, 0.4) is 0 Å². The van der Waals surface area contributed by atoms with Gasteiger partial charge in [0.05, 0.1) is 16.5 Å². The zero-order valence-electron chi connectivity index (χ0n) is 20.4. The van der Waals surface area contributed by atoms with Crippen molar-refractivity contribution in [3.05, 3.63) is 73.2 Å². The summed E-state index contributed by atoms with van der Waals surface area (Å²) in [5, 5.41) is 11.1. The van der Waals surface area contributed by atoms with E-state index in [1.165, 1.54) is 24.3 Å². The number of carbonyl (C=O) groups excluding carboxylic acids is 3. The molecule has 3 amide bonds. The number of anilines is 1. The number of hydrogen-bond donors (Lipinski definition) is 3. The molecule has 2 aromatic carbocycles. The number of rotatable bonds is 7. The van der Waals surface area contributed by atoms with Crippen LogP contribution in [0, 0.1) is 5.92 Å². The molecular weight excluding hydrogens is 611 g/mol. The maximum absolute atomic E-state index is 13.4. The molecule has 5 rings (SSSR count). The van der Waals surface area contributed by atoms with Gasteiger partial charge >= 0.3 is 17.0 Å². The lowest BCUT2D eigenvalue weighted by molar-refractivity contribution is -0.149. The molecule has 0 aliphatic carbocycles. The molecule has 0 radical (unpaired) electrons. The van der Waals surface area contributed by atoms with E-state index in [9.17, 15) is 42.3 Å². The smallest absolute Gasteiger partial charge is 0.416 e. The summed E-state index contributed by atoms with van der Waals surface area (Å²) in [7, 11) is 0. The van der Waals surface area contributed by atoms with E-state index in [2.05, 4.69) is 10.3 Å². The number of fused-ring (bicyclic) bond motifs is 2. The fourth-order valence-corrected chi connectivity index (χ4v) is 7.42. The fourth-order valence-electron chi connectivity index (χ4n) is 4.71. The number of aromatic amines is 1. The number of hydrogen-bond acceptors (Lipinski definition) is 8. The molecule has 2 unspecified atom stereocenters. The minimum absolute atomic E-state index is 0.0629. The quantitative estimate of drug-likeness (QED) is 0.336. The molecule has 3 atom stereocenters. The molecule has 0 spiro atoms.